The van der Waals surface area contributed by atoms with Gasteiger partial charge in [0.05, 0.1) is 17.2 Å². The fourth-order valence-electron chi connectivity index (χ4n) is 5.02. The molecule has 0 atom stereocenters. The van der Waals surface area contributed by atoms with Crippen LogP contribution in [0.15, 0.2) is 23.0 Å². The van der Waals surface area contributed by atoms with E-state index in [1.165, 1.54) is 0 Å². The first-order valence-electron chi connectivity index (χ1n) is 13.0. The second-order valence-corrected chi connectivity index (χ2v) is 10.6. The van der Waals surface area contributed by atoms with Gasteiger partial charge in [0.15, 0.2) is 0 Å². The molecule has 0 unspecified atom stereocenters. The van der Waals surface area contributed by atoms with E-state index >= 15 is 0 Å². The Hall–Kier alpha value is -3.79. The van der Waals surface area contributed by atoms with E-state index in [1.54, 1.807) is 6.07 Å². The number of amides is 2. The Labute approximate surface area is 223 Å². The Balaban J connectivity index is 1.60. The van der Waals surface area contributed by atoms with Gasteiger partial charge >= 0.3 is 0 Å². The van der Waals surface area contributed by atoms with Crippen LogP contribution in [-0.4, -0.2) is 77.1 Å². The highest BCUT2D eigenvalue weighted by molar-refractivity contribution is 6.05. The maximum atomic E-state index is 13.4. The maximum absolute atomic E-state index is 13.4. The Morgan fingerprint density at radius 3 is 2.58 bits per heavy atom. The zero-order chi connectivity index (χ0) is 27.6. The van der Waals surface area contributed by atoms with Crippen molar-refractivity contribution in [2.75, 3.05) is 38.5 Å². The lowest BCUT2D eigenvalue weighted by atomic mass is 9.96. The van der Waals surface area contributed by atoms with E-state index in [0.29, 0.717) is 47.7 Å². The second kappa shape index (κ2) is 11.3. The number of carbonyl (C=O) groups excluding carboxylic acids is 2. The molecule has 0 radical (unpaired) electrons. The molecule has 2 aliphatic heterocycles. The van der Waals surface area contributed by atoms with E-state index in [-0.39, 0.29) is 35.9 Å². The fraction of sp³-hybridized carbons (Fsp3) is 0.464. The summed E-state index contributed by atoms with van der Waals surface area (Å²) in [6.45, 7) is 10.4. The molecule has 10 nitrogen and oxygen atoms in total. The topological polar surface area (TPSA) is 134 Å². The highest BCUT2D eigenvalue weighted by Crippen LogP contribution is 2.28. The lowest BCUT2D eigenvalue weighted by molar-refractivity contribution is -0.140. The minimum Gasteiger partial charge on any atom is -0.367 e. The summed E-state index contributed by atoms with van der Waals surface area (Å²) in [5.41, 5.74) is 4.13. The molecule has 4 N–H and O–H groups in total. The first-order valence-corrected chi connectivity index (χ1v) is 13.0. The van der Waals surface area contributed by atoms with Gasteiger partial charge in [-0.25, -0.2) is 4.98 Å². The van der Waals surface area contributed by atoms with Crippen molar-refractivity contribution in [1.82, 2.24) is 25.1 Å². The van der Waals surface area contributed by atoms with Crippen LogP contribution in [-0.2, 0) is 11.3 Å². The van der Waals surface area contributed by atoms with E-state index in [9.17, 15) is 14.4 Å². The van der Waals surface area contributed by atoms with Crippen LogP contribution >= 0.6 is 0 Å². The Morgan fingerprint density at radius 1 is 1.26 bits per heavy atom. The SMILES string of the molecule is Cc1cc(C)c(CNC(=O)c2cc(C3=CCN(C(=O)C4CN(C)C4)CC3)nc(NC(C)C)c2C=N)c(=O)[nH]1. The number of hydrogen-bond acceptors (Lipinski definition) is 7. The van der Waals surface area contributed by atoms with Crippen molar-refractivity contribution in [3.05, 3.63) is 62.2 Å². The number of carbonyl (C=O) groups is 2. The van der Waals surface area contributed by atoms with Gasteiger partial charge in [0.2, 0.25) is 5.91 Å². The van der Waals surface area contributed by atoms with Crippen LogP contribution in [0.1, 0.15) is 58.7 Å². The third kappa shape index (κ3) is 5.85. The summed E-state index contributed by atoms with van der Waals surface area (Å²) in [7, 11) is 2.01. The van der Waals surface area contributed by atoms with E-state index in [1.807, 2.05) is 51.8 Å². The number of nitrogens with zero attached hydrogens (tertiary/aromatic N) is 3. The molecule has 10 heteroatoms. The smallest absolute Gasteiger partial charge is 0.253 e. The number of hydrogen-bond donors (Lipinski definition) is 4. The van der Waals surface area contributed by atoms with Crippen molar-refractivity contribution < 1.29 is 9.59 Å². The second-order valence-electron chi connectivity index (χ2n) is 10.6. The Morgan fingerprint density at radius 2 is 2.00 bits per heavy atom. The summed E-state index contributed by atoms with van der Waals surface area (Å²) in [6.07, 6.45) is 3.77. The Kier molecular flexibility index (Phi) is 8.11. The first-order chi connectivity index (χ1) is 18.1. The molecule has 0 saturated carbocycles. The van der Waals surface area contributed by atoms with Crippen LogP contribution < -0.4 is 16.2 Å². The van der Waals surface area contributed by atoms with E-state index in [0.717, 1.165) is 36.1 Å². The number of aromatic amines is 1. The molecule has 0 bridgehead atoms. The summed E-state index contributed by atoms with van der Waals surface area (Å²) in [6, 6.07) is 3.61. The van der Waals surface area contributed by atoms with Gasteiger partial charge in [-0.1, -0.05) is 6.08 Å². The predicted molar refractivity (Wildman–Crippen MR) is 149 cm³/mol. The van der Waals surface area contributed by atoms with Gasteiger partial charge in [-0.15, -0.1) is 0 Å². The predicted octanol–water partition coefficient (Wildman–Crippen LogP) is 2.31. The fourth-order valence-corrected chi connectivity index (χ4v) is 5.02. The molecule has 1 fully saturated rings. The summed E-state index contributed by atoms with van der Waals surface area (Å²) >= 11 is 0. The van der Waals surface area contributed by atoms with Crippen LogP contribution in [0, 0.1) is 25.2 Å². The normalized spacial score (nSPS) is 16.2. The summed E-state index contributed by atoms with van der Waals surface area (Å²) in [5.74, 6) is 0.329. The van der Waals surface area contributed by atoms with Crippen molar-refractivity contribution in [3.8, 4) is 0 Å². The molecule has 2 aromatic heterocycles. The molecule has 2 aromatic rings. The minimum atomic E-state index is -0.388. The summed E-state index contributed by atoms with van der Waals surface area (Å²) in [5, 5.41) is 14.1. The number of pyridine rings is 2. The third-order valence-corrected chi connectivity index (χ3v) is 7.06. The van der Waals surface area contributed by atoms with Crippen molar-refractivity contribution in [2.24, 2.45) is 5.92 Å². The van der Waals surface area contributed by atoms with Crippen LogP contribution in [0.25, 0.3) is 5.57 Å². The molecule has 1 saturated heterocycles. The average Bonchev–Trinajstić information content (AvgIpc) is 2.85. The number of rotatable bonds is 8. The number of aryl methyl sites for hydroxylation is 2. The highest BCUT2D eigenvalue weighted by Gasteiger charge is 2.33. The standard InChI is InChI=1S/C28H37N7O3/c1-16(2)31-25-22(12-29)21(26(36)30-13-23-17(3)10-18(4)32-27(23)37)11-24(33-25)19-6-8-35(9-7-19)28(38)20-14-34(5)15-20/h6,10-12,16,20,29H,7-9,13-15H2,1-5H3,(H,30,36)(H,31,33)(H,32,37). The highest BCUT2D eigenvalue weighted by atomic mass is 16.2. The molecule has 4 rings (SSSR count). The zero-order valence-corrected chi connectivity index (χ0v) is 22.8. The monoisotopic (exact) mass is 519 g/mol. The molecule has 2 aliphatic rings. The van der Waals surface area contributed by atoms with Gasteiger partial charge in [0, 0.05) is 61.8 Å². The molecule has 0 aromatic carbocycles. The Bertz CT molecular complexity index is 1340. The van der Waals surface area contributed by atoms with Crippen molar-refractivity contribution in [3.63, 3.8) is 0 Å². The van der Waals surface area contributed by atoms with Crippen LogP contribution in [0.5, 0.6) is 0 Å². The third-order valence-electron chi connectivity index (χ3n) is 7.06. The van der Waals surface area contributed by atoms with Gasteiger partial charge in [-0.3, -0.25) is 14.4 Å². The zero-order valence-electron chi connectivity index (χ0n) is 22.8. The lowest BCUT2D eigenvalue weighted by Crippen LogP contribution is -2.53. The van der Waals surface area contributed by atoms with Gasteiger partial charge in [-0.2, -0.15) is 0 Å². The number of likely N-dealkylation sites (tertiary alicyclic amines) is 1. The summed E-state index contributed by atoms with van der Waals surface area (Å²) < 4.78 is 0. The van der Waals surface area contributed by atoms with Crippen LogP contribution in [0.4, 0.5) is 5.82 Å². The van der Waals surface area contributed by atoms with Crippen molar-refractivity contribution >= 4 is 29.4 Å². The molecule has 0 spiro atoms. The van der Waals surface area contributed by atoms with Gasteiger partial charge in [0.25, 0.3) is 11.5 Å². The number of nitrogens with one attached hydrogen (secondary N) is 4. The largest absolute Gasteiger partial charge is 0.367 e. The molecular weight excluding hydrogens is 482 g/mol. The number of anilines is 1. The molecule has 4 heterocycles. The van der Waals surface area contributed by atoms with Gasteiger partial charge in [0.1, 0.15) is 5.82 Å². The number of H-pyrrole nitrogens is 1. The van der Waals surface area contributed by atoms with Crippen LogP contribution in [0.2, 0.25) is 0 Å². The molecule has 38 heavy (non-hydrogen) atoms. The van der Waals surface area contributed by atoms with Crippen molar-refractivity contribution in [2.45, 2.75) is 46.7 Å². The summed E-state index contributed by atoms with van der Waals surface area (Å²) in [4.78, 5) is 50.1. The van der Waals surface area contributed by atoms with Gasteiger partial charge < -0.3 is 30.8 Å². The van der Waals surface area contributed by atoms with Crippen LogP contribution in [0.3, 0.4) is 0 Å². The average molecular weight is 520 g/mol. The molecule has 2 amide bonds. The lowest BCUT2D eigenvalue weighted by Gasteiger charge is -2.39. The van der Waals surface area contributed by atoms with E-state index in [4.69, 9.17) is 10.4 Å². The first kappa shape index (κ1) is 27.3. The van der Waals surface area contributed by atoms with Crippen molar-refractivity contribution in [1.29, 1.82) is 5.41 Å². The number of aromatic nitrogens is 2. The van der Waals surface area contributed by atoms with E-state index in [2.05, 4.69) is 20.5 Å². The molecular formula is C28H37N7O3. The minimum absolute atomic E-state index is 0.0372. The molecule has 202 valence electrons. The maximum Gasteiger partial charge on any atom is 0.253 e. The quantitative estimate of drug-likeness (QED) is 0.396. The molecule has 0 aliphatic carbocycles. The van der Waals surface area contributed by atoms with E-state index < -0.39 is 0 Å². The van der Waals surface area contributed by atoms with Gasteiger partial charge in [-0.05, 0) is 64.4 Å².